The summed E-state index contributed by atoms with van der Waals surface area (Å²) >= 11 is -2.20. The highest BCUT2D eigenvalue weighted by molar-refractivity contribution is 7.86. The van der Waals surface area contributed by atoms with E-state index < -0.39 is 21.2 Å². The summed E-state index contributed by atoms with van der Waals surface area (Å²) < 4.78 is 57.6. The van der Waals surface area contributed by atoms with Gasteiger partial charge in [-0.05, 0) is 116 Å². The van der Waals surface area contributed by atoms with Gasteiger partial charge in [0.2, 0.25) is 0 Å². The highest BCUT2D eigenvalue weighted by Crippen LogP contribution is 2.38. The minimum absolute atomic E-state index is 0.221. The molecule has 260 valence electrons. The first-order chi connectivity index (χ1) is 23.6. The number of aliphatic hydroxyl groups is 2. The van der Waals surface area contributed by atoms with E-state index in [1.54, 1.807) is 62.4 Å². The van der Waals surface area contributed by atoms with Gasteiger partial charge in [0.1, 0.15) is 4.90 Å². The Balaban J connectivity index is 1.71. The molecule has 11 heteroatoms. The molecule has 1 unspecified atom stereocenters. The smallest absolute Gasteiger partial charge is 0.295 e. The van der Waals surface area contributed by atoms with E-state index in [4.69, 9.17) is 4.99 Å². The number of benzene rings is 4. The summed E-state index contributed by atoms with van der Waals surface area (Å²) in [5.74, 6) is 0. The van der Waals surface area contributed by atoms with Crippen LogP contribution in [0.25, 0.3) is 5.57 Å². The summed E-state index contributed by atoms with van der Waals surface area (Å²) in [6.07, 6.45) is 5.30. The average Bonchev–Trinajstić information content (AvgIpc) is 3.05. The van der Waals surface area contributed by atoms with E-state index >= 15 is 0 Å². The van der Waals surface area contributed by atoms with Crippen LogP contribution in [0.3, 0.4) is 0 Å². The molecule has 4 aromatic carbocycles. The number of nitrogens with zero attached hydrogens (tertiary/aromatic N) is 1. The zero-order chi connectivity index (χ0) is 36.5. The first-order valence-electron chi connectivity index (χ1n) is 15.8. The molecule has 0 saturated carbocycles. The Morgan fingerprint density at radius 3 is 2.14 bits per heavy atom. The van der Waals surface area contributed by atoms with E-state index in [0.717, 1.165) is 27.9 Å². The SMILES string of the molecule is Cc1cc(C)c(N=C2C=CC(=C(c3ccc(Nc4c(C)cc(C)c(S(=O)O)c4C)c(CO)c3)c3ccccc3S(=O)(=O)O)C=C2CO)c(C)c1. The second-order valence-electron chi connectivity index (χ2n) is 12.5. The molecule has 1 aliphatic rings. The van der Waals surface area contributed by atoms with Crippen LogP contribution in [0.1, 0.15) is 50.1 Å². The van der Waals surface area contributed by atoms with Gasteiger partial charge in [-0.15, -0.1) is 0 Å². The van der Waals surface area contributed by atoms with Crippen LogP contribution in [0.4, 0.5) is 17.1 Å². The van der Waals surface area contributed by atoms with Gasteiger partial charge in [-0.1, -0.05) is 54.1 Å². The highest BCUT2D eigenvalue weighted by atomic mass is 32.2. The molecule has 0 bridgehead atoms. The Morgan fingerprint density at radius 1 is 0.840 bits per heavy atom. The molecule has 1 aliphatic carbocycles. The van der Waals surface area contributed by atoms with Crippen LogP contribution >= 0.6 is 0 Å². The zero-order valence-corrected chi connectivity index (χ0v) is 30.3. The Labute approximate surface area is 295 Å². The van der Waals surface area contributed by atoms with Gasteiger partial charge in [0.05, 0.1) is 29.5 Å². The molecule has 9 nitrogen and oxygen atoms in total. The average molecular weight is 713 g/mol. The Bertz CT molecular complexity index is 2260. The monoisotopic (exact) mass is 712 g/mol. The third-order valence-electron chi connectivity index (χ3n) is 8.74. The third kappa shape index (κ3) is 7.48. The number of hydrogen-bond acceptors (Lipinski definition) is 7. The molecule has 0 fully saturated rings. The van der Waals surface area contributed by atoms with Gasteiger partial charge < -0.3 is 20.1 Å². The van der Waals surface area contributed by atoms with Crippen molar-refractivity contribution in [3.63, 3.8) is 0 Å². The maximum Gasteiger partial charge on any atom is 0.295 e. The van der Waals surface area contributed by atoms with Gasteiger partial charge >= 0.3 is 0 Å². The van der Waals surface area contributed by atoms with E-state index in [9.17, 15) is 31.9 Å². The zero-order valence-electron chi connectivity index (χ0n) is 28.7. The lowest BCUT2D eigenvalue weighted by molar-refractivity contribution is 0.282. The summed E-state index contributed by atoms with van der Waals surface area (Å²) in [6, 6.07) is 17.2. The molecule has 0 aromatic heterocycles. The van der Waals surface area contributed by atoms with Crippen LogP contribution in [0, 0.1) is 41.5 Å². The summed E-state index contributed by atoms with van der Waals surface area (Å²) in [5.41, 5.74) is 10.5. The Kier molecular flexibility index (Phi) is 10.9. The summed E-state index contributed by atoms with van der Waals surface area (Å²) in [4.78, 5) is 4.89. The van der Waals surface area contributed by atoms with Crippen molar-refractivity contribution in [2.45, 2.75) is 57.9 Å². The van der Waals surface area contributed by atoms with Gasteiger partial charge in [0.15, 0.2) is 11.1 Å². The number of hydrogen-bond donors (Lipinski definition) is 5. The summed E-state index contributed by atoms with van der Waals surface area (Å²) in [7, 11) is -4.66. The fourth-order valence-electron chi connectivity index (χ4n) is 6.59. The van der Waals surface area contributed by atoms with Crippen LogP contribution in [0.5, 0.6) is 0 Å². The van der Waals surface area contributed by atoms with Crippen LogP contribution < -0.4 is 5.32 Å². The maximum absolute atomic E-state index is 12.6. The largest absolute Gasteiger partial charge is 0.392 e. The molecule has 50 heavy (non-hydrogen) atoms. The molecule has 4 aromatic rings. The molecule has 0 saturated heterocycles. The minimum atomic E-state index is -4.66. The predicted molar refractivity (Wildman–Crippen MR) is 200 cm³/mol. The van der Waals surface area contributed by atoms with Crippen LogP contribution in [-0.4, -0.2) is 44.3 Å². The van der Waals surface area contributed by atoms with Gasteiger partial charge in [0, 0.05) is 28.1 Å². The van der Waals surface area contributed by atoms with Gasteiger partial charge in [-0.25, -0.2) is 9.20 Å². The lowest BCUT2D eigenvalue weighted by Crippen LogP contribution is -2.10. The van der Waals surface area contributed by atoms with Crippen molar-refractivity contribution in [2.75, 3.05) is 11.9 Å². The summed E-state index contributed by atoms with van der Waals surface area (Å²) in [5, 5.41) is 24.4. The maximum atomic E-state index is 12.6. The number of nitrogens with one attached hydrogen (secondary N) is 1. The van der Waals surface area contributed by atoms with Crippen molar-refractivity contribution in [1.29, 1.82) is 0 Å². The predicted octanol–water partition coefficient (Wildman–Crippen LogP) is 7.66. The lowest BCUT2D eigenvalue weighted by Gasteiger charge is -2.21. The fraction of sp³-hybridized carbons (Fsp3) is 0.205. The van der Waals surface area contributed by atoms with Crippen LogP contribution in [0.2, 0.25) is 0 Å². The van der Waals surface area contributed by atoms with E-state index in [1.807, 2.05) is 45.9 Å². The van der Waals surface area contributed by atoms with E-state index in [0.29, 0.717) is 61.0 Å². The molecule has 1 atom stereocenters. The molecule has 0 heterocycles. The number of anilines is 2. The molecular weight excluding hydrogens is 673 g/mol. The number of aliphatic imine (C=N–C) groups is 1. The van der Waals surface area contributed by atoms with Crippen LogP contribution in [-0.2, 0) is 27.8 Å². The van der Waals surface area contributed by atoms with Crippen molar-refractivity contribution >= 4 is 49.5 Å². The van der Waals surface area contributed by atoms with Gasteiger partial charge in [-0.3, -0.25) is 4.55 Å². The standard InChI is InChI=1S/C39H40N2O7S2/c1-22-15-23(2)37(24(3)16-22)40-33-13-11-28(18-30(33)20-42)36(32-9-7-8-10-35(32)50(46,47)48)29-12-14-34(31(19-29)21-43)41-38-25(4)17-26(5)39(27(38)6)49(44)45/h7-19,41-43H,20-21H2,1-6H3,(H,44,45)(H,46,47,48). The Morgan fingerprint density at radius 2 is 1.52 bits per heavy atom. The van der Waals surface area contributed by atoms with Gasteiger partial charge in [-0.2, -0.15) is 8.42 Å². The second-order valence-corrected chi connectivity index (χ2v) is 14.7. The van der Waals surface area contributed by atoms with Crippen molar-refractivity contribution in [2.24, 2.45) is 4.99 Å². The van der Waals surface area contributed by atoms with Crippen molar-refractivity contribution in [3.8, 4) is 0 Å². The van der Waals surface area contributed by atoms with Crippen molar-refractivity contribution < 1.29 is 31.9 Å². The number of aliphatic hydroxyl groups excluding tert-OH is 2. The van der Waals surface area contributed by atoms with E-state index in [2.05, 4.69) is 5.32 Å². The molecular formula is C39H40N2O7S2. The molecule has 0 spiro atoms. The van der Waals surface area contributed by atoms with E-state index in [1.165, 1.54) is 12.1 Å². The molecule has 0 radical (unpaired) electrons. The first-order valence-corrected chi connectivity index (χ1v) is 18.4. The third-order valence-corrected chi connectivity index (χ3v) is 10.6. The first kappa shape index (κ1) is 36.8. The lowest BCUT2D eigenvalue weighted by atomic mass is 9.88. The number of aryl methyl sites for hydroxylation is 5. The quantitative estimate of drug-likeness (QED) is 0.0875. The second kappa shape index (κ2) is 14.8. The fourth-order valence-corrected chi connectivity index (χ4v) is 7.98. The molecule has 0 aliphatic heterocycles. The normalized spacial score (nSPS) is 15.6. The van der Waals surface area contributed by atoms with Crippen LogP contribution in [0.15, 0.2) is 105 Å². The minimum Gasteiger partial charge on any atom is -0.392 e. The van der Waals surface area contributed by atoms with E-state index in [-0.39, 0.29) is 23.7 Å². The summed E-state index contributed by atoms with van der Waals surface area (Å²) in [6.45, 7) is 10.7. The van der Waals surface area contributed by atoms with Gasteiger partial charge in [0.25, 0.3) is 10.1 Å². The topological polar surface area (TPSA) is 157 Å². The number of rotatable bonds is 9. The van der Waals surface area contributed by atoms with Crippen molar-refractivity contribution in [3.05, 3.63) is 140 Å². The molecule has 5 rings (SSSR count). The number of allylic oxidation sites excluding steroid dienone is 4. The Hall–Kier alpha value is -4.49. The molecule has 0 amide bonds. The highest BCUT2D eigenvalue weighted by Gasteiger charge is 2.24. The molecule has 5 N–H and O–H groups in total. The van der Waals surface area contributed by atoms with Crippen molar-refractivity contribution in [1.82, 2.24) is 0 Å².